The molecule has 4 aromatic heterocycles. The number of hydrogen-bond donors (Lipinski definition) is 3. The van der Waals surface area contributed by atoms with E-state index in [9.17, 15) is 51.0 Å². The first-order valence-corrected chi connectivity index (χ1v) is 23.9. The molecule has 0 aliphatic heterocycles. The van der Waals surface area contributed by atoms with E-state index < -0.39 is 46.8 Å². The summed E-state index contributed by atoms with van der Waals surface area (Å²) >= 11 is 0. The lowest BCUT2D eigenvalue weighted by Gasteiger charge is -2.22. The van der Waals surface area contributed by atoms with Gasteiger partial charge in [-0.2, -0.15) is 30.7 Å². The number of nitrogens with zero attached hydrogens (tertiary/aromatic N) is 11. The zero-order chi connectivity index (χ0) is 57.8. The summed E-state index contributed by atoms with van der Waals surface area (Å²) in [6.07, 6.45) is -3.20. The van der Waals surface area contributed by atoms with Crippen LogP contribution < -0.4 is 30.3 Å². The largest absolute Gasteiger partial charge is 0.494 e. The Morgan fingerprint density at radius 1 is 0.610 bits per heavy atom. The van der Waals surface area contributed by atoms with Crippen molar-refractivity contribution in [1.29, 1.82) is 0 Å². The van der Waals surface area contributed by atoms with E-state index in [1.165, 1.54) is 51.1 Å². The molecule has 0 saturated carbocycles. The van der Waals surface area contributed by atoms with Crippen molar-refractivity contribution in [2.75, 3.05) is 98.2 Å². The van der Waals surface area contributed by atoms with E-state index in [4.69, 9.17) is 9.47 Å². The van der Waals surface area contributed by atoms with Gasteiger partial charge in [-0.25, -0.2) is 19.9 Å². The van der Waals surface area contributed by atoms with Gasteiger partial charge in [0.1, 0.15) is 30.3 Å². The maximum Gasteiger partial charge on any atom is 0.406 e. The molecule has 4 aromatic carbocycles. The zero-order valence-electron chi connectivity index (χ0n) is 44.1. The van der Waals surface area contributed by atoms with Crippen LogP contribution in [0.15, 0.2) is 110 Å². The molecule has 0 aliphatic rings. The van der Waals surface area contributed by atoms with Crippen molar-refractivity contribution in [3.8, 4) is 34.0 Å². The SMILES string of the molecule is C.C.C.CNCCN(C)C.COc1cc(F)c([N+](=O)[O-])cc1Nc1nccc(-c2cn(CC(F)(F)F)c3ccccc23)n1.COc1cc(N(C)CCN(C)C)c([N+](=O)[O-])cc1Nc1nccc(-c2cn(CC(F)(F)F)c3ccccc23)n1. The number of alkyl halides is 6. The first-order valence-electron chi connectivity index (χ1n) is 23.9. The van der Waals surface area contributed by atoms with Crippen molar-refractivity contribution in [3.05, 3.63) is 136 Å². The highest BCUT2D eigenvalue weighted by atomic mass is 19.4. The predicted octanol–water partition coefficient (Wildman–Crippen LogP) is 12.5. The molecule has 0 aliphatic carbocycles. The first-order chi connectivity index (χ1) is 37.4. The van der Waals surface area contributed by atoms with Crippen LogP contribution in [0.2, 0.25) is 0 Å². The van der Waals surface area contributed by atoms with E-state index in [2.05, 4.69) is 54.9 Å². The second-order valence-electron chi connectivity index (χ2n) is 18.1. The minimum absolute atomic E-state index is 0. The fourth-order valence-electron chi connectivity index (χ4n) is 7.96. The van der Waals surface area contributed by atoms with E-state index in [1.807, 2.05) is 26.0 Å². The number of likely N-dealkylation sites (N-methyl/N-ethyl adjacent to an activating group) is 4. The number of methoxy groups -OCH3 is 2. The number of fused-ring (bicyclic) bond motifs is 2. The summed E-state index contributed by atoms with van der Waals surface area (Å²) in [5, 5.41) is 32.9. The van der Waals surface area contributed by atoms with Crippen LogP contribution in [0.4, 0.5) is 71.1 Å². The molecule has 444 valence electrons. The standard InChI is InChI=1S/C26H28F3N7O3.C21H15F4N5O3.C5H14N2.3CH4/c1-33(2)11-12-34(3)22-14-24(39-4)20(13-23(22)36(37)38)32-25-30-10-9-19(31-25)18-15-35(16-26(27,28)29)21-8-6-5-7-17(18)21;1-33-19-8-14(22)18(30(31)32)9-16(19)28-20-26-7-6-15(27-20)13-10-29(11-21(23,24)25)17-5-3-2-4-12(13)17;1-6-4-5-7(2)3;;;/h5-10,13-15H,11-12,16H2,1-4H3,(H,30,31,32);2-10H,11H2,1H3,(H,26,27,28);6H,4-5H2,1-3H3;3*1H4. The van der Waals surface area contributed by atoms with Crippen LogP contribution in [0.1, 0.15) is 22.3 Å². The molecule has 0 atom stereocenters. The fraction of sp³-hybridized carbons (Fsp3) is 0.345. The molecular weight excluding hydrogens is 1090 g/mol. The third-order valence-electron chi connectivity index (χ3n) is 11.7. The second-order valence-corrected chi connectivity index (χ2v) is 18.1. The highest BCUT2D eigenvalue weighted by molar-refractivity contribution is 5.96. The number of rotatable bonds is 19. The lowest BCUT2D eigenvalue weighted by Crippen LogP contribution is -2.28. The molecule has 4 heterocycles. The molecule has 0 bridgehead atoms. The Bertz CT molecular complexity index is 3390. The van der Waals surface area contributed by atoms with Gasteiger partial charge in [-0.3, -0.25) is 20.2 Å². The van der Waals surface area contributed by atoms with Crippen molar-refractivity contribution in [3.63, 3.8) is 0 Å². The molecule has 8 aromatic rings. The summed E-state index contributed by atoms with van der Waals surface area (Å²) in [6.45, 7) is 1.14. The minimum Gasteiger partial charge on any atom is -0.494 e. The van der Waals surface area contributed by atoms with Crippen molar-refractivity contribution < 1.29 is 50.1 Å². The quantitative estimate of drug-likeness (QED) is 0.0390. The Labute approximate surface area is 470 Å². The Morgan fingerprint density at radius 3 is 1.43 bits per heavy atom. The Morgan fingerprint density at radius 2 is 1.04 bits per heavy atom. The van der Waals surface area contributed by atoms with Gasteiger partial charge in [-0.15, -0.1) is 0 Å². The lowest BCUT2D eigenvalue weighted by molar-refractivity contribution is -0.387. The summed E-state index contributed by atoms with van der Waals surface area (Å²) in [5.74, 6) is -0.674. The maximum absolute atomic E-state index is 13.9. The summed E-state index contributed by atoms with van der Waals surface area (Å²) in [4.78, 5) is 44.6. The number of nitro benzene ring substituents is 2. The smallest absolute Gasteiger partial charge is 0.406 e. The zero-order valence-corrected chi connectivity index (χ0v) is 44.1. The van der Waals surface area contributed by atoms with Crippen LogP contribution >= 0.6 is 0 Å². The molecule has 0 spiro atoms. The number of nitrogens with one attached hydrogen (secondary N) is 3. The number of anilines is 5. The lowest BCUT2D eigenvalue weighted by atomic mass is 10.1. The maximum atomic E-state index is 13.9. The molecule has 27 heteroatoms. The summed E-state index contributed by atoms with van der Waals surface area (Å²) < 4.78 is 105. The molecule has 3 N–H and O–H groups in total. The van der Waals surface area contributed by atoms with Gasteiger partial charge in [0.2, 0.25) is 17.7 Å². The van der Waals surface area contributed by atoms with Crippen molar-refractivity contribution >= 4 is 62.1 Å². The molecule has 8 rings (SSSR count). The summed E-state index contributed by atoms with van der Waals surface area (Å²) in [6, 6.07) is 21.2. The van der Waals surface area contributed by atoms with Gasteiger partial charge in [0.05, 0.1) is 46.8 Å². The molecule has 0 saturated heterocycles. The van der Waals surface area contributed by atoms with Crippen molar-refractivity contribution in [2.45, 2.75) is 47.7 Å². The van der Waals surface area contributed by atoms with Gasteiger partial charge in [0.15, 0.2) is 0 Å². The van der Waals surface area contributed by atoms with E-state index in [0.717, 1.165) is 34.4 Å². The van der Waals surface area contributed by atoms with Gasteiger partial charge < -0.3 is 49.3 Å². The minimum atomic E-state index is -4.41. The van der Waals surface area contributed by atoms with Crippen LogP contribution in [-0.4, -0.2) is 144 Å². The van der Waals surface area contributed by atoms with Crippen molar-refractivity contribution in [1.82, 2.24) is 44.2 Å². The highest BCUT2D eigenvalue weighted by Crippen LogP contribution is 2.40. The van der Waals surface area contributed by atoms with Gasteiger partial charge in [0.25, 0.3) is 5.69 Å². The summed E-state index contributed by atoms with van der Waals surface area (Å²) in [5.41, 5.74) is 2.24. The van der Waals surface area contributed by atoms with E-state index >= 15 is 0 Å². The molecule has 0 unspecified atom stereocenters. The highest BCUT2D eigenvalue weighted by Gasteiger charge is 2.31. The molecule has 82 heavy (non-hydrogen) atoms. The van der Waals surface area contributed by atoms with Gasteiger partial charge in [-0.05, 0) is 59.5 Å². The number of para-hydroxylation sites is 2. The Kier molecular flexibility index (Phi) is 24.5. The summed E-state index contributed by atoms with van der Waals surface area (Å²) in [7, 11) is 14.4. The van der Waals surface area contributed by atoms with Gasteiger partial charge >= 0.3 is 18.0 Å². The fourth-order valence-corrected chi connectivity index (χ4v) is 7.96. The van der Waals surface area contributed by atoms with Crippen LogP contribution in [0, 0.1) is 26.0 Å². The number of nitro groups is 2. The monoisotopic (exact) mass is 1150 g/mol. The molecule has 20 nitrogen and oxygen atoms in total. The average Bonchev–Trinajstić information content (AvgIpc) is 3.99. The Hall–Kier alpha value is -8.69. The Balaban J connectivity index is 0.000000376. The first kappa shape index (κ1) is 67.6. The van der Waals surface area contributed by atoms with E-state index in [-0.39, 0.29) is 57.0 Å². The van der Waals surface area contributed by atoms with E-state index in [1.54, 1.807) is 72.6 Å². The van der Waals surface area contributed by atoms with Crippen molar-refractivity contribution in [2.24, 2.45) is 0 Å². The normalized spacial score (nSPS) is 11.1. The second kappa shape index (κ2) is 29.7. The van der Waals surface area contributed by atoms with Gasteiger partial charge in [0, 0.05) is 115 Å². The third-order valence-corrected chi connectivity index (χ3v) is 11.7. The molecule has 0 fully saturated rings. The van der Waals surface area contributed by atoms with E-state index in [0.29, 0.717) is 68.8 Å². The number of halogens is 7. The van der Waals surface area contributed by atoms with Crippen LogP contribution in [-0.2, 0) is 13.1 Å². The molecule has 0 radical (unpaired) electrons. The number of benzene rings is 4. The third kappa shape index (κ3) is 17.9. The van der Waals surface area contributed by atoms with Crippen LogP contribution in [0.25, 0.3) is 44.3 Å². The van der Waals surface area contributed by atoms with Crippen LogP contribution in [0.5, 0.6) is 11.5 Å². The molecule has 0 amide bonds. The van der Waals surface area contributed by atoms with Gasteiger partial charge in [-0.1, -0.05) is 58.7 Å². The number of hydrogen-bond acceptors (Lipinski definition) is 16. The topological polar surface area (TPSA) is 212 Å². The number of aromatic nitrogens is 6. The average molecular weight is 1160 g/mol. The number of ether oxygens (including phenoxy) is 2. The van der Waals surface area contributed by atoms with Crippen LogP contribution in [0.3, 0.4) is 0 Å². The molecular formula is C55H69F7N14O6. The predicted molar refractivity (Wildman–Crippen MR) is 308 cm³/mol.